The molecule has 0 radical (unpaired) electrons. The van der Waals surface area contributed by atoms with Crippen molar-refractivity contribution in [3.63, 3.8) is 0 Å². The number of benzene rings is 1. The first-order valence-electron chi connectivity index (χ1n) is 9.96. The minimum atomic E-state index is -1.05. The molecule has 2 heterocycles. The van der Waals surface area contributed by atoms with Gasteiger partial charge in [-0.25, -0.2) is 4.39 Å². The van der Waals surface area contributed by atoms with Crippen LogP contribution in [-0.2, 0) is 4.74 Å². The Morgan fingerprint density at radius 3 is 2.77 bits per heavy atom. The van der Waals surface area contributed by atoms with Crippen LogP contribution in [0.4, 0.5) is 10.2 Å². The summed E-state index contributed by atoms with van der Waals surface area (Å²) in [6.07, 6.45) is -0.299. The first kappa shape index (κ1) is 21.3. The maximum Gasteiger partial charge on any atom is 0.376 e. The molecule has 2 fully saturated rings. The topological polar surface area (TPSA) is 71.0 Å². The molecule has 1 saturated carbocycles. The Hall–Kier alpha value is -1.94. The van der Waals surface area contributed by atoms with E-state index in [9.17, 15) is 5.02 Å². The van der Waals surface area contributed by atoms with Gasteiger partial charge >= 0.3 is 7.05 Å². The number of hydrogen-bond donors (Lipinski definition) is 1. The highest BCUT2D eigenvalue weighted by Crippen LogP contribution is 2.43. The third kappa shape index (κ3) is 3.87. The van der Waals surface area contributed by atoms with Crippen LogP contribution in [0.15, 0.2) is 30.3 Å². The van der Waals surface area contributed by atoms with Crippen molar-refractivity contribution in [3.05, 3.63) is 35.4 Å². The smallest absolute Gasteiger partial charge is 0.376 e. The highest BCUT2D eigenvalue weighted by Gasteiger charge is 2.55. The zero-order valence-electron chi connectivity index (χ0n) is 17.2. The highest BCUT2D eigenvalue weighted by molar-refractivity contribution is 6.45. The van der Waals surface area contributed by atoms with E-state index in [4.69, 9.17) is 21.1 Å². The van der Waals surface area contributed by atoms with Crippen molar-refractivity contribution in [2.45, 2.75) is 31.5 Å². The number of hydrogen-bond acceptors (Lipinski definition) is 7. The van der Waals surface area contributed by atoms with Gasteiger partial charge in [0.25, 0.3) is 0 Å². The van der Waals surface area contributed by atoms with E-state index in [2.05, 4.69) is 10.2 Å². The first-order valence-corrected chi connectivity index (χ1v) is 10.3. The van der Waals surface area contributed by atoms with Crippen LogP contribution in [0, 0.1) is 5.92 Å². The van der Waals surface area contributed by atoms with Crippen LogP contribution in [0.25, 0.3) is 11.3 Å². The maximum absolute atomic E-state index is 15.1. The van der Waals surface area contributed by atoms with Crippen LogP contribution in [0.2, 0.25) is 11.8 Å². The fourth-order valence-electron chi connectivity index (χ4n) is 4.69. The van der Waals surface area contributed by atoms with Crippen molar-refractivity contribution in [3.8, 4) is 17.0 Å². The summed E-state index contributed by atoms with van der Waals surface area (Å²) in [6.45, 7) is 2.47. The van der Waals surface area contributed by atoms with Crippen LogP contribution < -0.4 is 9.64 Å². The van der Waals surface area contributed by atoms with Crippen molar-refractivity contribution < 1.29 is 18.9 Å². The summed E-state index contributed by atoms with van der Waals surface area (Å²) in [6, 6.07) is 8.43. The lowest BCUT2D eigenvalue weighted by Crippen LogP contribution is -2.56. The van der Waals surface area contributed by atoms with Gasteiger partial charge in [-0.15, -0.1) is 10.2 Å². The molecule has 1 aromatic carbocycles. The lowest BCUT2D eigenvalue weighted by atomic mass is 9.81. The van der Waals surface area contributed by atoms with E-state index in [-0.39, 0.29) is 24.8 Å². The minimum absolute atomic E-state index is 0.0905. The van der Waals surface area contributed by atoms with Gasteiger partial charge in [-0.3, -0.25) is 0 Å². The van der Waals surface area contributed by atoms with Crippen molar-refractivity contribution in [1.82, 2.24) is 15.0 Å². The Balaban J connectivity index is 1.52. The summed E-state index contributed by atoms with van der Waals surface area (Å²) < 4.78 is 25.7. The molecule has 160 valence electrons. The molecule has 2 unspecified atom stereocenters. The minimum Gasteiger partial charge on any atom is -0.467 e. The average Bonchev–Trinajstić information content (AvgIpc) is 3.30. The molecular weight excluding hydrogens is 410 g/mol. The van der Waals surface area contributed by atoms with Crippen LogP contribution >= 0.6 is 11.6 Å². The molecule has 1 N–H and O–H groups in total. The fraction of sp³-hybridized carbons (Fsp3) is 0.500. The zero-order valence-corrected chi connectivity index (χ0v) is 18.0. The van der Waals surface area contributed by atoms with E-state index >= 15 is 4.39 Å². The molecule has 4 rings (SSSR count). The van der Waals surface area contributed by atoms with Crippen LogP contribution in [0.3, 0.4) is 0 Å². The van der Waals surface area contributed by atoms with Crippen LogP contribution in [-0.4, -0.2) is 72.8 Å². The molecule has 0 spiro atoms. The highest BCUT2D eigenvalue weighted by atomic mass is 35.5. The van der Waals surface area contributed by atoms with Gasteiger partial charge in [-0.2, -0.15) is 0 Å². The number of fused-ring (bicyclic) bond motifs is 2. The molecule has 7 nitrogen and oxygen atoms in total. The Morgan fingerprint density at radius 2 is 2.13 bits per heavy atom. The van der Waals surface area contributed by atoms with Gasteiger partial charge in [-0.05, 0) is 56.0 Å². The SMILES string of the molecule is COCOc1cc(Cl)ccc1-c1ccc(N(C)[C@H]2C3CC([C@@H]2F)N(B(C)O)C3)nn1. The average molecular weight is 435 g/mol. The van der Waals surface area contributed by atoms with Gasteiger partial charge in [0.1, 0.15) is 11.9 Å². The van der Waals surface area contributed by atoms with Gasteiger partial charge in [-0.1, -0.05) is 11.6 Å². The monoisotopic (exact) mass is 434 g/mol. The van der Waals surface area contributed by atoms with Crippen LogP contribution in [0.1, 0.15) is 6.42 Å². The Labute approximate surface area is 180 Å². The molecule has 0 amide bonds. The zero-order chi connectivity index (χ0) is 21.4. The van der Waals surface area contributed by atoms with Gasteiger partial charge in [0.15, 0.2) is 12.6 Å². The van der Waals surface area contributed by atoms with E-state index < -0.39 is 13.2 Å². The molecule has 2 bridgehead atoms. The summed E-state index contributed by atoms with van der Waals surface area (Å²) in [5.41, 5.74) is 1.37. The van der Waals surface area contributed by atoms with Gasteiger partial charge < -0.3 is 24.2 Å². The third-order valence-electron chi connectivity index (χ3n) is 6.08. The lowest BCUT2D eigenvalue weighted by molar-refractivity contribution is 0.0515. The van der Waals surface area contributed by atoms with E-state index in [0.717, 1.165) is 12.0 Å². The first-order chi connectivity index (χ1) is 14.4. The van der Waals surface area contributed by atoms with Gasteiger partial charge in [0, 0.05) is 30.8 Å². The Morgan fingerprint density at radius 1 is 1.33 bits per heavy atom. The number of nitrogens with zero attached hydrogens (tertiary/aromatic N) is 4. The summed E-state index contributed by atoms with van der Waals surface area (Å²) in [5.74, 6) is 1.31. The normalized spacial score (nSPS) is 25.5. The predicted octanol–water partition coefficient (Wildman–Crippen LogP) is 2.74. The number of alkyl halides is 1. The third-order valence-corrected chi connectivity index (χ3v) is 6.32. The second-order valence-corrected chi connectivity index (χ2v) is 8.34. The van der Waals surface area contributed by atoms with Crippen molar-refractivity contribution >= 4 is 24.5 Å². The lowest BCUT2D eigenvalue weighted by Gasteiger charge is -2.39. The van der Waals surface area contributed by atoms with E-state index in [1.54, 1.807) is 26.1 Å². The largest absolute Gasteiger partial charge is 0.467 e. The van der Waals surface area contributed by atoms with E-state index in [1.165, 1.54) is 0 Å². The van der Waals surface area contributed by atoms with Crippen molar-refractivity contribution in [2.24, 2.45) is 5.92 Å². The number of aromatic nitrogens is 2. The molecule has 1 aliphatic carbocycles. The number of ether oxygens (including phenoxy) is 2. The van der Waals surface area contributed by atoms with E-state index in [1.807, 2.05) is 35.0 Å². The molecule has 1 aromatic heterocycles. The van der Waals surface area contributed by atoms with Gasteiger partial charge in [0.2, 0.25) is 0 Å². The summed E-state index contributed by atoms with van der Waals surface area (Å²) in [7, 11) is 2.77. The molecule has 1 aliphatic heterocycles. The predicted molar refractivity (Wildman–Crippen MR) is 115 cm³/mol. The summed E-state index contributed by atoms with van der Waals surface area (Å²) >= 11 is 6.08. The maximum atomic E-state index is 15.1. The molecule has 2 aromatic rings. The molecule has 4 atom stereocenters. The van der Waals surface area contributed by atoms with E-state index in [0.29, 0.717) is 28.8 Å². The Bertz CT molecular complexity index is 889. The molecule has 1 saturated heterocycles. The number of halogens is 2. The number of rotatable bonds is 7. The number of methoxy groups -OCH3 is 1. The number of piperidine rings is 1. The summed E-state index contributed by atoms with van der Waals surface area (Å²) in [4.78, 5) is 3.71. The molecule has 2 aliphatic rings. The van der Waals surface area contributed by atoms with Crippen LogP contribution in [0.5, 0.6) is 5.75 Å². The summed E-state index contributed by atoms with van der Waals surface area (Å²) in [5, 5.41) is 19.1. The molecule has 10 heteroatoms. The second-order valence-electron chi connectivity index (χ2n) is 7.91. The van der Waals surface area contributed by atoms with Crippen molar-refractivity contribution in [2.75, 3.05) is 32.4 Å². The van der Waals surface area contributed by atoms with Crippen molar-refractivity contribution in [1.29, 1.82) is 0 Å². The fourth-order valence-corrected chi connectivity index (χ4v) is 4.86. The second kappa shape index (κ2) is 8.67. The molecular formula is C20H25BClFN4O3. The van der Waals surface area contributed by atoms with Gasteiger partial charge in [0.05, 0.1) is 11.7 Å². The molecule has 30 heavy (non-hydrogen) atoms. The standard InChI is InChI=1S/C20H25BClFN4O3/c1-21(28)27-10-12-8-16(27)19(23)20(12)26(2)18-7-6-15(24-25-18)14-5-4-13(22)9-17(14)30-11-29-3/h4-7,9,12,16,19-20,28H,8,10-11H2,1-3H3/t12?,16?,19-,20-/m0/s1. The Kier molecular flexibility index (Phi) is 6.15. The quantitative estimate of drug-likeness (QED) is 0.531. The number of anilines is 1.